The number of fused-ring (bicyclic) bond motifs is 1. The maximum Gasteiger partial charge on any atom is 0.254 e. The Balaban J connectivity index is 1.70. The number of aromatic nitrogens is 3. The van der Waals surface area contributed by atoms with Gasteiger partial charge < -0.3 is 18.6 Å². The highest BCUT2D eigenvalue weighted by atomic mass is 16.5. The van der Waals surface area contributed by atoms with Crippen LogP contribution in [0.1, 0.15) is 19.2 Å². The second kappa shape index (κ2) is 8.53. The molecule has 0 atom stereocenters. The summed E-state index contributed by atoms with van der Waals surface area (Å²) in [6, 6.07) is 7.57. The summed E-state index contributed by atoms with van der Waals surface area (Å²) in [5.74, 6) is 2.33. The highest BCUT2D eigenvalue weighted by Crippen LogP contribution is 2.30. The zero-order valence-electron chi connectivity index (χ0n) is 16.2. The van der Waals surface area contributed by atoms with E-state index in [1.165, 1.54) is 0 Å². The fourth-order valence-corrected chi connectivity index (χ4v) is 3.05. The molecule has 8 nitrogen and oxygen atoms in total. The lowest BCUT2D eigenvalue weighted by atomic mass is 10.2. The minimum atomic E-state index is 0.433. The first-order valence-electron chi connectivity index (χ1n) is 9.51. The van der Waals surface area contributed by atoms with Crippen LogP contribution in [-0.2, 0) is 11.3 Å². The van der Waals surface area contributed by atoms with E-state index < -0.39 is 0 Å². The topological polar surface area (TPSA) is 82.7 Å². The third kappa shape index (κ3) is 4.07. The van der Waals surface area contributed by atoms with E-state index >= 15 is 0 Å². The van der Waals surface area contributed by atoms with Crippen LogP contribution < -0.4 is 9.47 Å². The van der Waals surface area contributed by atoms with Gasteiger partial charge in [-0.3, -0.25) is 4.90 Å². The second-order valence-electron chi connectivity index (χ2n) is 6.59. The number of methoxy groups -OCH3 is 1. The Morgan fingerprint density at radius 3 is 2.79 bits per heavy atom. The molecule has 1 saturated heterocycles. The summed E-state index contributed by atoms with van der Waals surface area (Å²) in [6.45, 7) is 6.41. The van der Waals surface area contributed by atoms with Gasteiger partial charge in [0, 0.05) is 18.7 Å². The van der Waals surface area contributed by atoms with Crippen molar-refractivity contribution in [3.63, 3.8) is 0 Å². The van der Waals surface area contributed by atoms with Crippen LogP contribution in [0.15, 0.2) is 28.7 Å². The van der Waals surface area contributed by atoms with Crippen LogP contribution in [0.3, 0.4) is 0 Å². The van der Waals surface area contributed by atoms with Crippen molar-refractivity contribution in [2.45, 2.75) is 19.9 Å². The van der Waals surface area contributed by atoms with E-state index in [0.717, 1.165) is 44.0 Å². The second-order valence-corrected chi connectivity index (χ2v) is 6.59. The monoisotopic (exact) mass is 384 g/mol. The summed E-state index contributed by atoms with van der Waals surface area (Å²) in [5, 5.41) is 0. The number of ether oxygens (including phenoxy) is 3. The van der Waals surface area contributed by atoms with Gasteiger partial charge >= 0.3 is 0 Å². The van der Waals surface area contributed by atoms with Crippen molar-refractivity contribution in [2.24, 2.45) is 0 Å². The number of nitrogens with zero attached hydrogens (tertiary/aromatic N) is 4. The van der Waals surface area contributed by atoms with Crippen LogP contribution in [0, 0.1) is 0 Å². The zero-order valence-corrected chi connectivity index (χ0v) is 16.2. The van der Waals surface area contributed by atoms with Gasteiger partial charge in [0.1, 0.15) is 5.75 Å². The number of rotatable bonds is 7. The van der Waals surface area contributed by atoms with E-state index in [1.54, 1.807) is 7.11 Å². The summed E-state index contributed by atoms with van der Waals surface area (Å²) >= 11 is 0. The molecule has 8 heteroatoms. The first-order valence-corrected chi connectivity index (χ1v) is 9.51. The van der Waals surface area contributed by atoms with E-state index in [4.69, 9.17) is 18.6 Å². The van der Waals surface area contributed by atoms with Crippen molar-refractivity contribution < 1.29 is 18.6 Å². The average molecular weight is 384 g/mol. The molecule has 28 heavy (non-hydrogen) atoms. The molecule has 1 aromatic carbocycles. The van der Waals surface area contributed by atoms with Crippen molar-refractivity contribution in [3.05, 3.63) is 30.1 Å². The number of hydrogen-bond donors (Lipinski definition) is 0. The molecule has 148 valence electrons. The van der Waals surface area contributed by atoms with Crippen molar-refractivity contribution in [2.75, 3.05) is 40.0 Å². The number of benzene rings is 1. The maximum atomic E-state index is 5.96. The summed E-state index contributed by atoms with van der Waals surface area (Å²) < 4.78 is 22.5. The number of oxazole rings is 1. The minimum Gasteiger partial charge on any atom is -0.497 e. The molecule has 0 amide bonds. The van der Waals surface area contributed by atoms with Crippen molar-refractivity contribution in [1.82, 2.24) is 19.9 Å². The van der Waals surface area contributed by atoms with Crippen LogP contribution in [0.2, 0.25) is 0 Å². The Bertz CT molecular complexity index is 937. The van der Waals surface area contributed by atoms with Gasteiger partial charge in [0.25, 0.3) is 5.71 Å². The Labute approximate surface area is 163 Å². The highest BCUT2D eigenvalue weighted by Gasteiger charge is 2.20. The molecule has 0 aliphatic carbocycles. The summed E-state index contributed by atoms with van der Waals surface area (Å²) in [4.78, 5) is 16.1. The third-order valence-electron chi connectivity index (χ3n) is 4.50. The largest absolute Gasteiger partial charge is 0.497 e. The molecule has 1 aliphatic rings. The van der Waals surface area contributed by atoms with Gasteiger partial charge in [0.15, 0.2) is 11.3 Å². The van der Waals surface area contributed by atoms with Gasteiger partial charge in [-0.25, -0.2) is 4.98 Å². The fourth-order valence-electron chi connectivity index (χ4n) is 3.05. The lowest BCUT2D eigenvalue weighted by Crippen LogP contribution is -2.36. The van der Waals surface area contributed by atoms with Gasteiger partial charge in [0.05, 0.1) is 33.5 Å². The molecule has 0 N–H and O–H groups in total. The lowest BCUT2D eigenvalue weighted by Gasteiger charge is -2.25. The van der Waals surface area contributed by atoms with Crippen LogP contribution in [-0.4, -0.2) is 59.9 Å². The number of morpholine rings is 1. The van der Waals surface area contributed by atoms with E-state index in [9.17, 15) is 0 Å². The molecule has 3 heterocycles. The summed E-state index contributed by atoms with van der Waals surface area (Å²) in [7, 11) is 1.63. The first-order chi connectivity index (χ1) is 13.8. The Kier molecular flexibility index (Phi) is 5.68. The Morgan fingerprint density at radius 1 is 1.14 bits per heavy atom. The average Bonchev–Trinajstić information content (AvgIpc) is 3.17. The SMILES string of the molecule is CCCOc1nc(CN2CCOCC2)nc2oc(-c3cccc(OC)c3)nc12. The van der Waals surface area contributed by atoms with E-state index in [-0.39, 0.29) is 0 Å². The quantitative estimate of drug-likeness (QED) is 0.615. The summed E-state index contributed by atoms with van der Waals surface area (Å²) in [5.41, 5.74) is 1.78. The molecule has 0 bridgehead atoms. The van der Waals surface area contributed by atoms with E-state index in [2.05, 4.69) is 26.8 Å². The Hall–Kier alpha value is -2.71. The first kappa shape index (κ1) is 18.6. The van der Waals surface area contributed by atoms with Crippen LogP contribution >= 0.6 is 0 Å². The normalized spacial score (nSPS) is 15.1. The van der Waals surface area contributed by atoms with Crippen LogP contribution in [0.25, 0.3) is 22.7 Å². The van der Waals surface area contributed by atoms with Crippen LogP contribution in [0.4, 0.5) is 0 Å². The molecule has 0 unspecified atom stereocenters. The van der Waals surface area contributed by atoms with Gasteiger partial charge in [0.2, 0.25) is 11.8 Å². The van der Waals surface area contributed by atoms with Crippen molar-refractivity contribution in [1.29, 1.82) is 0 Å². The van der Waals surface area contributed by atoms with Gasteiger partial charge in [-0.1, -0.05) is 13.0 Å². The molecule has 3 aromatic rings. The Morgan fingerprint density at radius 2 is 2.00 bits per heavy atom. The maximum absolute atomic E-state index is 5.96. The molecule has 0 saturated carbocycles. The molecular formula is C20H24N4O4. The molecule has 1 fully saturated rings. The molecule has 0 radical (unpaired) electrons. The number of hydrogen-bond acceptors (Lipinski definition) is 8. The van der Waals surface area contributed by atoms with Gasteiger partial charge in [-0.2, -0.15) is 9.97 Å². The zero-order chi connectivity index (χ0) is 19.3. The fraction of sp³-hybridized carbons (Fsp3) is 0.450. The molecule has 2 aromatic heterocycles. The smallest absolute Gasteiger partial charge is 0.254 e. The molecule has 0 spiro atoms. The molecular weight excluding hydrogens is 360 g/mol. The molecule has 1 aliphatic heterocycles. The van der Waals surface area contributed by atoms with Crippen molar-refractivity contribution >= 4 is 11.2 Å². The summed E-state index contributed by atoms with van der Waals surface area (Å²) in [6.07, 6.45) is 0.880. The standard InChI is InChI=1S/C20H24N4O4/c1-3-9-27-19-17-20(22-16(21-19)13-24-7-10-26-11-8-24)28-18(23-17)14-5-4-6-15(12-14)25-2/h4-6,12H,3,7-11,13H2,1-2H3. The van der Waals surface area contributed by atoms with E-state index in [1.807, 2.05) is 24.3 Å². The third-order valence-corrected chi connectivity index (χ3v) is 4.50. The predicted octanol–water partition coefficient (Wildman–Crippen LogP) is 2.91. The molecule has 4 rings (SSSR count). The van der Waals surface area contributed by atoms with Gasteiger partial charge in [-0.15, -0.1) is 0 Å². The predicted molar refractivity (Wildman–Crippen MR) is 103 cm³/mol. The minimum absolute atomic E-state index is 0.433. The lowest BCUT2D eigenvalue weighted by molar-refractivity contribution is 0.0330. The van der Waals surface area contributed by atoms with E-state index in [0.29, 0.717) is 42.0 Å². The van der Waals surface area contributed by atoms with Crippen molar-refractivity contribution in [3.8, 4) is 23.1 Å². The highest BCUT2D eigenvalue weighted by molar-refractivity contribution is 5.77. The van der Waals surface area contributed by atoms with Gasteiger partial charge in [-0.05, 0) is 24.6 Å². The van der Waals surface area contributed by atoms with Crippen LogP contribution in [0.5, 0.6) is 11.6 Å².